The smallest absolute Gasteiger partial charge is 0.258 e. The van der Waals surface area contributed by atoms with Crippen LogP contribution in [0.1, 0.15) is 6.42 Å². The van der Waals surface area contributed by atoms with E-state index in [9.17, 15) is 9.59 Å². The van der Waals surface area contributed by atoms with Gasteiger partial charge in [0.05, 0.1) is 19.0 Å². The molecule has 1 heterocycles. The number of methoxy groups -OCH3 is 1. The van der Waals surface area contributed by atoms with Crippen LogP contribution < -0.4 is 20.1 Å². The molecule has 144 valence electrons. The summed E-state index contributed by atoms with van der Waals surface area (Å²) in [6.45, 7) is -0.156. The number of hydrogen-bond acceptors (Lipinski definition) is 6. The maximum absolute atomic E-state index is 12.5. The summed E-state index contributed by atoms with van der Waals surface area (Å²) < 4.78 is 10.4. The quantitative estimate of drug-likeness (QED) is 0.648. The van der Waals surface area contributed by atoms with Crippen LogP contribution in [0.2, 0.25) is 0 Å². The van der Waals surface area contributed by atoms with E-state index in [1.54, 1.807) is 36.0 Å². The van der Waals surface area contributed by atoms with Crippen molar-refractivity contribution in [3.05, 3.63) is 48.7 Å². The fraction of sp³-hybridized carbons (Fsp3) is 0.316. The average Bonchev–Trinajstić information content (AvgIpc) is 2.70. The Labute approximate surface area is 162 Å². The summed E-state index contributed by atoms with van der Waals surface area (Å²) in [4.78, 5) is 28.8. The molecule has 2 rings (SSSR count). The van der Waals surface area contributed by atoms with Crippen molar-refractivity contribution in [3.8, 4) is 11.6 Å². The second-order valence-electron chi connectivity index (χ2n) is 5.58. The van der Waals surface area contributed by atoms with Gasteiger partial charge in [0.2, 0.25) is 11.8 Å². The number of ether oxygens (including phenoxy) is 2. The summed E-state index contributed by atoms with van der Waals surface area (Å²) in [5.74, 6) is 1.14. The molecule has 1 atom stereocenters. The number of benzene rings is 1. The lowest BCUT2D eigenvalue weighted by atomic mass is 10.2. The Balaban J connectivity index is 1.91. The molecule has 2 amide bonds. The van der Waals surface area contributed by atoms with E-state index in [0.717, 1.165) is 5.75 Å². The van der Waals surface area contributed by atoms with Crippen LogP contribution in [-0.4, -0.2) is 48.6 Å². The van der Waals surface area contributed by atoms with Crippen LogP contribution in [0.3, 0.4) is 0 Å². The molecule has 0 spiro atoms. The Morgan fingerprint density at radius 1 is 1.19 bits per heavy atom. The van der Waals surface area contributed by atoms with E-state index in [1.807, 2.05) is 24.5 Å². The van der Waals surface area contributed by atoms with Crippen molar-refractivity contribution < 1.29 is 19.1 Å². The molecule has 1 aromatic heterocycles. The molecule has 0 aliphatic carbocycles. The molecule has 0 unspecified atom stereocenters. The highest BCUT2D eigenvalue weighted by Crippen LogP contribution is 2.12. The van der Waals surface area contributed by atoms with Crippen LogP contribution in [-0.2, 0) is 9.59 Å². The highest BCUT2D eigenvalue weighted by atomic mass is 32.2. The highest BCUT2D eigenvalue weighted by Gasteiger charge is 2.21. The lowest BCUT2D eigenvalue weighted by molar-refractivity contribution is -0.127. The van der Waals surface area contributed by atoms with Gasteiger partial charge in [-0.05, 0) is 36.6 Å². The third-order valence-corrected chi connectivity index (χ3v) is 4.23. The predicted molar refractivity (Wildman–Crippen MR) is 106 cm³/mol. The first kappa shape index (κ1) is 20.6. The fourth-order valence-electron chi connectivity index (χ4n) is 2.21. The van der Waals surface area contributed by atoms with Crippen molar-refractivity contribution in [2.75, 3.05) is 31.0 Å². The molecule has 2 aromatic rings. The number of carbonyl (C=O) groups is 2. The number of nitrogens with zero attached hydrogens (tertiary/aromatic N) is 1. The summed E-state index contributed by atoms with van der Waals surface area (Å²) in [6, 6.07) is 11.7. The zero-order chi connectivity index (χ0) is 19.5. The average molecular weight is 389 g/mol. The van der Waals surface area contributed by atoms with Gasteiger partial charge in [0.15, 0.2) is 6.61 Å². The predicted octanol–water partition coefficient (Wildman–Crippen LogP) is 2.35. The molecular weight excluding hydrogens is 366 g/mol. The lowest BCUT2D eigenvalue weighted by Gasteiger charge is -2.18. The monoisotopic (exact) mass is 389 g/mol. The van der Waals surface area contributed by atoms with Crippen molar-refractivity contribution in [3.63, 3.8) is 0 Å². The first-order valence-corrected chi connectivity index (χ1v) is 9.79. The van der Waals surface area contributed by atoms with Crippen LogP contribution in [0, 0.1) is 0 Å². The molecule has 7 nitrogen and oxygen atoms in total. The van der Waals surface area contributed by atoms with E-state index in [4.69, 9.17) is 9.47 Å². The minimum Gasteiger partial charge on any atom is -0.484 e. The van der Waals surface area contributed by atoms with Crippen LogP contribution in [0.25, 0.3) is 0 Å². The minimum absolute atomic E-state index is 0.156. The molecule has 1 aromatic carbocycles. The van der Waals surface area contributed by atoms with Crippen LogP contribution in [0.15, 0.2) is 48.7 Å². The zero-order valence-corrected chi connectivity index (χ0v) is 16.1. The van der Waals surface area contributed by atoms with Gasteiger partial charge in [-0.25, -0.2) is 4.98 Å². The number of para-hydroxylation sites is 1. The summed E-state index contributed by atoms with van der Waals surface area (Å²) in [5, 5.41) is 5.49. The highest BCUT2D eigenvalue weighted by molar-refractivity contribution is 7.98. The van der Waals surface area contributed by atoms with Gasteiger partial charge in [-0.3, -0.25) is 9.59 Å². The topological polar surface area (TPSA) is 89.6 Å². The molecule has 0 saturated carbocycles. The second-order valence-corrected chi connectivity index (χ2v) is 6.57. The van der Waals surface area contributed by atoms with Gasteiger partial charge in [-0.15, -0.1) is 0 Å². The van der Waals surface area contributed by atoms with Crippen molar-refractivity contribution in [2.24, 2.45) is 0 Å². The number of pyridine rings is 1. The normalized spacial score (nSPS) is 11.3. The number of anilines is 1. The summed E-state index contributed by atoms with van der Waals surface area (Å²) in [7, 11) is 1.52. The fourth-order valence-corrected chi connectivity index (χ4v) is 2.68. The molecule has 0 aliphatic heterocycles. The second kappa shape index (κ2) is 11.1. The number of amides is 2. The van der Waals surface area contributed by atoms with Gasteiger partial charge >= 0.3 is 0 Å². The Morgan fingerprint density at radius 3 is 2.59 bits per heavy atom. The van der Waals surface area contributed by atoms with Gasteiger partial charge in [0.1, 0.15) is 11.8 Å². The van der Waals surface area contributed by atoms with Crippen LogP contribution in [0.5, 0.6) is 11.6 Å². The summed E-state index contributed by atoms with van der Waals surface area (Å²) in [6.07, 6.45) is 3.96. The van der Waals surface area contributed by atoms with Crippen LogP contribution in [0.4, 0.5) is 5.69 Å². The standard InChI is InChI=1S/C19H23N3O4S/c1-25-18-9-8-14(12-20-18)21-19(24)16(10-11-27-2)22-17(23)13-26-15-6-4-3-5-7-15/h3-9,12,16H,10-11,13H2,1-2H3,(H,21,24)(H,22,23)/t16-/m0/s1. The van der Waals surface area contributed by atoms with E-state index >= 15 is 0 Å². The number of thioether (sulfide) groups is 1. The van der Waals surface area contributed by atoms with Crippen molar-refractivity contribution in [1.29, 1.82) is 0 Å². The maximum Gasteiger partial charge on any atom is 0.258 e. The third-order valence-electron chi connectivity index (χ3n) is 3.59. The molecule has 0 fully saturated rings. The van der Waals surface area contributed by atoms with Gasteiger partial charge in [-0.2, -0.15) is 11.8 Å². The zero-order valence-electron chi connectivity index (χ0n) is 15.3. The molecule has 2 N–H and O–H groups in total. The van der Waals surface area contributed by atoms with Crippen molar-refractivity contribution in [2.45, 2.75) is 12.5 Å². The molecule has 8 heteroatoms. The van der Waals surface area contributed by atoms with E-state index < -0.39 is 6.04 Å². The summed E-state index contributed by atoms with van der Waals surface area (Å²) in [5.41, 5.74) is 0.532. The lowest BCUT2D eigenvalue weighted by Crippen LogP contribution is -2.45. The molecule has 27 heavy (non-hydrogen) atoms. The van der Waals surface area contributed by atoms with Gasteiger partial charge in [0, 0.05) is 6.07 Å². The number of aromatic nitrogens is 1. The number of nitrogens with one attached hydrogen (secondary N) is 2. The Kier molecular flexibility index (Phi) is 8.44. The number of hydrogen-bond donors (Lipinski definition) is 2. The molecular formula is C19H23N3O4S. The maximum atomic E-state index is 12.5. The minimum atomic E-state index is -0.661. The van der Waals surface area contributed by atoms with E-state index in [-0.39, 0.29) is 18.4 Å². The number of rotatable bonds is 10. The van der Waals surface area contributed by atoms with Crippen molar-refractivity contribution >= 4 is 29.3 Å². The Hall–Kier alpha value is -2.74. The number of carbonyl (C=O) groups excluding carboxylic acids is 2. The third kappa shape index (κ3) is 7.18. The van der Waals surface area contributed by atoms with Crippen LogP contribution >= 0.6 is 11.8 Å². The Morgan fingerprint density at radius 2 is 1.96 bits per heavy atom. The Bertz CT molecular complexity index is 725. The van der Waals surface area contributed by atoms with E-state index in [2.05, 4.69) is 15.6 Å². The van der Waals surface area contributed by atoms with Gasteiger partial charge in [-0.1, -0.05) is 18.2 Å². The molecule has 0 aliphatic rings. The van der Waals surface area contributed by atoms with E-state index in [0.29, 0.717) is 23.7 Å². The van der Waals surface area contributed by atoms with Gasteiger partial charge in [0.25, 0.3) is 5.91 Å². The largest absolute Gasteiger partial charge is 0.484 e. The van der Waals surface area contributed by atoms with Crippen molar-refractivity contribution in [1.82, 2.24) is 10.3 Å². The summed E-state index contributed by atoms with van der Waals surface area (Å²) >= 11 is 1.60. The van der Waals surface area contributed by atoms with E-state index in [1.165, 1.54) is 13.3 Å². The molecule has 0 saturated heterocycles. The first-order chi connectivity index (χ1) is 13.1. The molecule has 0 radical (unpaired) electrons. The van der Waals surface area contributed by atoms with Gasteiger partial charge < -0.3 is 20.1 Å². The first-order valence-electron chi connectivity index (χ1n) is 8.39. The molecule has 0 bridgehead atoms. The SMILES string of the molecule is COc1ccc(NC(=O)[C@H](CCSC)NC(=O)COc2ccccc2)cn1.